The number of allylic oxidation sites excluding steroid dienone is 3. The van der Waals surface area contributed by atoms with Crippen LogP contribution < -0.4 is 52.6 Å². The van der Waals surface area contributed by atoms with E-state index in [0.29, 0.717) is 31.4 Å². The summed E-state index contributed by atoms with van der Waals surface area (Å²) < 4.78 is 38.7. The Kier molecular flexibility index (Phi) is 24.5. The highest BCUT2D eigenvalue weighted by Gasteiger charge is 2.49. The summed E-state index contributed by atoms with van der Waals surface area (Å²) in [5.74, 6) is -6.27. The van der Waals surface area contributed by atoms with Gasteiger partial charge < -0.3 is 66.4 Å². The van der Waals surface area contributed by atoms with Crippen LogP contribution in [-0.4, -0.2) is 151 Å². The van der Waals surface area contributed by atoms with Crippen molar-refractivity contribution < 1.29 is 71.9 Å². The molecule has 11 N–H and O–H groups in total. The Hall–Kier alpha value is -7.10. The fourth-order valence-electron chi connectivity index (χ4n) is 9.45. The van der Waals surface area contributed by atoms with E-state index in [1.54, 1.807) is 51.1 Å². The molecule has 83 heavy (non-hydrogen) atoms. The van der Waals surface area contributed by atoms with Gasteiger partial charge in [-0.15, -0.1) is 0 Å². The lowest BCUT2D eigenvalue weighted by Gasteiger charge is -2.43. The van der Waals surface area contributed by atoms with Gasteiger partial charge in [0.25, 0.3) is 11.8 Å². The summed E-state index contributed by atoms with van der Waals surface area (Å²) >= 11 is 18.8. The van der Waals surface area contributed by atoms with Crippen LogP contribution in [0.5, 0.6) is 5.75 Å². The summed E-state index contributed by atoms with van der Waals surface area (Å²) in [4.78, 5) is 106. The Balaban J connectivity index is 1.34. The number of aliphatic hydroxyl groups is 2. The second-order valence-electron chi connectivity index (χ2n) is 20.8. The Labute approximate surface area is 495 Å². The van der Waals surface area contributed by atoms with Gasteiger partial charge in [0.2, 0.25) is 17.7 Å². The molecule has 0 aliphatic carbocycles. The number of fused-ring (bicyclic) bond motifs is 4. The SMILES string of the molecule is COc1cc2cc(c1Cl)N(C)C(=O)C[C@H](OC(=O)Nc1cc(F)c(NC(=O)[C@H](CCCNC(N)=O)NC(=O)[C@@H](NC(=S)NCCCCN3C(=O)C=CC3=O)C(C)C)cc1Cl)[C@@H](C)[C@@H](O)[C@H](C)[C@@H]1C[C@@](O)(NC(=O)O1)[C@H](OC)/C=C/C=C(\C)C2. The molecule has 2 aromatic rings. The number of nitrogens with one attached hydrogen (secondary N) is 7. The van der Waals surface area contributed by atoms with Crippen molar-refractivity contribution >= 4 is 105 Å². The van der Waals surface area contributed by atoms with Gasteiger partial charge in [0.15, 0.2) is 10.8 Å². The normalized spacial score (nSPS) is 23.9. The average molecular weight is 1220 g/mol. The molecule has 9 atom stereocenters. The van der Waals surface area contributed by atoms with Crippen LogP contribution in [0.3, 0.4) is 0 Å². The molecule has 9 amide bonds. The van der Waals surface area contributed by atoms with Gasteiger partial charge in [-0.1, -0.05) is 74.7 Å². The van der Waals surface area contributed by atoms with Crippen LogP contribution in [-0.2, 0) is 44.6 Å². The highest BCUT2D eigenvalue weighted by molar-refractivity contribution is 7.80. The van der Waals surface area contributed by atoms with E-state index in [2.05, 4.69) is 37.2 Å². The summed E-state index contributed by atoms with van der Waals surface area (Å²) in [7, 11) is 4.22. The van der Waals surface area contributed by atoms with Gasteiger partial charge in [-0.3, -0.25) is 39.5 Å². The number of halogens is 3. The van der Waals surface area contributed by atoms with Gasteiger partial charge in [-0.25, -0.2) is 18.8 Å². The minimum Gasteiger partial charge on any atom is -0.495 e. The van der Waals surface area contributed by atoms with Crippen molar-refractivity contribution in [3.63, 3.8) is 0 Å². The second-order valence-corrected chi connectivity index (χ2v) is 22.0. The molecule has 3 aliphatic rings. The number of nitrogens with two attached hydrogens (primary N) is 1. The molecule has 2 aromatic carbocycles. The third kappa shape index (κ3) is 18.4. The zero-order chi connectivity index (χ0) is 61.5. The highest BCUT2D eigenvalue weighted by Crippen LogP contribution is 2.38. The molecule has 1 fully saturated rings. The maximum Gasteiger partial charge on any atom is 0.411 e. The Morgan fingerprint density at radius 1 is 0.952 bits per heavy atom. The largest absolute Gasteiger partial charge is 0.495 e. The first kappa shape index (κ1) is 66.7. The van der Waals surface area contributed by atoms with Crippen molar-refractivity contribution in [3.05, 3.63) is 81.6 Å². The number of rotatable bonds is 19. The van der Waals surface area contributed by atoms with Crippen molar-refractivity contribution in [2.75, 3.05) is 56.4 Å². The predicted octanol–water partition coefficient (Wildman–Crippen LogP) is 5.07. The molecule has 3 aliphatic heterocycles. The van der Waals surface area contributed by atoms with Gasteiger partial charge in [0, 0.05) is 70.3 Å². The Morgan fingerprint density at radius 3 is 2.29 bits per heavy atom. The number of primary amides is 1. The molecule has 28 heteroatoms. The van der Waals surface area contributed by atoms with Crippen molar-refractivity contribution in [1.82, 2.24) is 31.5 Å². The van der Waals surface area contributed by atoms with Crippen LogP contribution in [0.4, 0.5) is 35.8 Å². The number of anilines is 3. The number of urea groups is 1. The fraction of sp³-hybridized carbons (Fsp3) is 0.509. The summed E-state index contributed by atoms with van der Waals surface area (Å²) in [6.45, 7) is 8.94. The number of unbranched alkanes of at least 4 members (excludes halogenated alkanes) is 1. The number of methoxy groups -OCH3 is 2. The number of carbonyl (C=O) groups excluding carboxylic acids is 8. The molecule has 454 valence electrons. The quantitative estimate of drug-likeness (QED) is 0.0499. The molecule has 0 radical (unpaired) electrons. The molecule has 1 saturated heterocycles. The Morgan fingerprint density at radius 2 is 1.64 bits per heavy atom. The maximum absolute atomic E-state index is 16.1. The molecule has 24 nitrogen and oxygen atoms in total. The third-order valence-electron chi connectivity index (χ3n) is 14.3. The Bertz CT molecular complexity index is 2840. The summed E-state index contributed by atoms with van der Waals surface area (Å²) in [5, 5.41) is 41.9. The highest BCUT2D eigenvalue weighted by atomic mass is 35.5. The molecule has 0 saturated carbocycles. The topological polar surface area (TPSA) is 331 Å². The van der Waals surface area contributed by atoms with E-state index in [0.717, 1.165) is 22.6 Å². The standard InChI is InChI=1S/C55H73Cl2FN10O14S/c1-28(2)47(65-52(83)61-18-9-10-20-68-43(69)16-17-44(68)70)50(74)62-35(14-12-19-60-51(59)75)49(73)63-37-24-33(56)36(25-34(37)58)64-53(76)81-39-26-45(71)67(6)38-22-32(23-40(79-7)46(38)57)21-29(3)13-11-15-42(80-8)55(78)27-41(82-54(77)66-55)31(5)48(72)30(39)4/h11,13,15-17,22-25,28,30-31,35,39,41-42,47-48,72,78H,9-10,12,14,18-21,26-27H2,1-8H3,(H,62,74)(H,63,73)(H,64,76)(H,66,77)(H3,59,60,75)(H2,61,65,83)/b15-11+,29-13+/t30-,31-,35+,39+,41+,42-,47+,48-,55+/m1/s1. The number of thiocarbonyl (C=S) groups is 1. The first-order chi connectivity index (χ1) is 39.2. The number of amides is 9. The van der Waals surface area contributed by atoms with Crippen LogP contribution in [0.2, 0.25) is 10.0 Å². The number of hydrogen-bond donors (Lipinski definition) is 10. The van der Waals surface area contributed by atoms with Gasteiger partial charge in [-0.2, -0.15) is 0 Å². The number of hydrogen-bond acceptors (Lipinski definition) is 15. The van der Waals surface area contributed by atoms with Crippen LogP contribution in [0, 0.1) is 23.6 Å². The van der Waals surface area contributed by atoms with E-state index in [1.165, 1.54) is 45.2 Å². The average Bonchev–Trinajstić information content (AvgIpc) is 3.64. The molecular formula is C55H73Cl2FN10O14S. The van der Waals surface area contributed by atoms with E-state index in [1.807, 2.05) is 6.92 Å². The molecule has 0 aromatic heterocycles. The molecule has 0 spiro atoms. The number of aliphatic hydroxyl groups excluding tert-OH is 1. The number of ether oxygens (including phenoxy) is 4. The van der Waals surface area contributed by atoms with E-state index < -0.39 is 108 Å². The minimum atomic E-state index is -2.01. The molecule has 0 unspecified atom stereocenters. The monoisotopic (exact) mass is 1220 g/mol. The van der Waals surface area contributed by atoms with Crippen LogP contribution in [0.1, 0.15) is 78.7 Å². The lowest BCUT2D eigenvalue weighted by molar-refractivity contribution is -0.152. The number of nitrogens with zero attached hydrogens (tertiary/aromatic N) is 2. The third-order valence-corrected chi connectivity index (χ3v) is 15.2. The van der Waals surface area contributed by atoms with E-state index >= 15 is 4.39 Å². The predicted molar refractivity (Wildman–Crippen MR) is 311 cm³/mol. The van der Waals surface area contributed by atoms with E-state index in [4.69, 9.17) is 60.1 Å². The summed E-state index contributed by atoms with van der Waals surface area (Å²) in [6, 6.07) is 2.05. The fourth-order valence-corrected chi connectivity index (χ4v) is 10.2. The van der Waals surface area contributed by atoms with Gasteiger partial charge in [0.1, 0.15) is 47.0 Å². The molecular weight excluding hydrogens is 1150 g/mol. The van der Waals surface area contributed by atoms with E-state index in [-0.39, 0.29) is 82.4 Å². The lowest BCUT2D eigenvalue weighted by Crippen LogP contribution is -2.64. The minimum absolute atomic E-state index is 0.0189. The number of carbonyl (C=O) groups is 8. The number of alkyl carbamates (subject to hydrolysis) is 1. The first-order valence-corrected chi connectivity index (χ1v) is 27.9. The molecule has 5 rings (SSSR count). The van der Waals surface area contributed by atoms with Crippen molar-refractivity contribution in [2.45, 2.75) is 122 Å². The maximum atomic E-state index is 16.1. The van der Waals surface area contributed by atoms with Crippen LogP contribution in [0.15, 0.2) is 60.2 Å². The summed E-state index contributed by atoms with van der Waals surface area (Å²) in [6.07, 6.45) is 0.557. The zero-order valence-corrected chi connectivity index (χ0v) is 49.6. The summed E-state index contributed by atoms with van der Waals surface area (Å²) in [5.41, 5.74) is 4.17. The molecule has 3 heterocycles. The smallest absolute Gasteiger partial charge is 0.411 e. The lowest BCUT2D eigenvalue weighted by atomic mass is 9.81. The van der Waals surface area contributed by atoms with Crippen molar-refractivity contribution in [2.24, 2.45) is 23.5 Å². The van der Waals surface area contributed by atoms with Crippen LogP contribution in [0.25, 0.3) is 0 Å². The van der Waals surface area contributed by atoms with Gasteiger partial charge >= 0.3 is 18.2 Å². The first-order valence-electron chi connectivity index (χ1n) is 26.7. The number of benzene rings is 2. The van der Waals surface area contributed by atoms with Gasteiger partial charge in [0.05, 0.1) is 41.7 Å². The number of imide groups is 1. The molecule has 4 bridgehead atoms. The van der Waals surface area contributed by atoms with Crippen molar-refractivity contribution in [1.29, 1.82) is 0 Å². The van der Waals surface area contributed by atoms with Gasteiger partial charge in [-0.05, 0) is 80.9 Å². The van der Waals surface area contributed by atoms with Crippen molar-refractivity contribution in [3.8, 4) is 5.75 Å². The zero-order valence-electron chi connectivity index (χ0n) is 47.3. The van der Waals surface area contributed by atoms with E-state index in [9.17, 15) is 48.6 Å². The van der Waals surface area contributed by atoms with Crippen LogP contribution >= 0.6 is 35.4 Å². The second kappa shape index (κ2) is 30.5.